The molecule has 1 rings (SSSR count). The lowest BCUT2D eigenvalue weighted by Gasteiger charge is -2.14. The van der Waals surface area contributed by atoms with Gasteiger partial charge in [0.25, 0.3) is 0 Å². The van der Waals surface area contributed by atoms with Gasteiger partial charge in [0.1, 0.15) is 0 Å². The summed E-state index contributed by atoms with van der Waals surface area (Å²) in [7, 11) is 1.60. The summed E-state index contributed by atoms with van der Waals surface area (Å²) >= 11 is 0. The number of hydrogen-bond acceptors (Lipinski definition) is 4. The minimum absolute atomic E-state index is 0.0117. The SMILES string of the molecule is COCCNC(=O)CCNC1CCCNC(=O)C1. The molecule has 1 unspecified atom stereocenters. The molecule has 1 atom stereocenters. The van der Waals surface area contributed by atoms with Gasteiger partial charge in [-0.25, -0.2) is 0 Å². The van der Waals surface area contributed by atoms with Crippen molar-refractivity contribution in [3.05, 3.63) is 0 Å². The summed E-state index contributed by atoms with van der Waals surface area (Å²) in [6.45, 7) is 2.44. The van der Waals surface area contributed by atoms with Crippen LogP contribution < -0.4 is 16.0 Å². The van der Waals surface area contributed by atoms with Gasteiger partial charge in [-0.1, -0.05) is 0 Å². The van der Waals surface area contributed by atoms with Crippen molar-refractivity contribution in [1.29, 1.82) is 0 Å². The molecule has 0 aliphatic carbocycles. The second kappa shape index (κ2) is 8.88. The highest BCUT2D eigenvalue weighted by Crippen LogP contribution is 2.05. The third-order valence-corrected chi connectivity index (χ3v) is 2.90. The van der Waals surface area contributed by atoms with E-state index in [1.807, 2.05) is 0 Å². The van der Waals surface area contributed by atoms with Gasteiger partial charge in [0.15, 0.2) is 0 Å². The summed E-state index contributed by atoms with van der Waals surface area (Å²) in [6, 6.07) is 0.194. The summed E-state index contributed by atoms with van der Waals surface area (Å²) in [5, 5.41) is 8.86. The molecule has 1 aliphatic heterocycles. The fourth-order valence-corrected chi connectivity index (χ4v) is 1.92. The van der Waals surface area contributed by atoms with E-state index < -0.39 is 0 Å². The van der Waals surface area contributed by atoms with Crippen molar-refractivity contribution in [2.24, 2.45) is 0 Å². The van der Waals surface area contributed by atoms with Gasteiger partial charge in [-0.05, 0) is 12.8 Å². The summed E-state index contributed by atoms with van der Waals surface area (Å²) in [5.41, 5.74) is 0. The molecule has 3 N–H and O–H groups in total. The topological polar surface area (TPSA) is 79.5 Å². The normalized spacial score (nSPS) is 20.1. The number of carbonyl (C=O) groups is 2. The van der Waals surface area contributed by atoms with Crippen LogP contribution in [0.4, 0.5) is 0 Å². The number of amides is 2. The molecule has 6 heteroatoms. The molecule has 1 heterocycles. The Labute approximate surface area is 108 Å². The van der Waals surface area contributed by atoms with Crippen LogP contribution in [0.2, 0.25) is 0 Å². The van der Waals surface area contributed by atoms with Crippen LogP contribution in [0.25, 0.3) is 0 Å². The molecule has 1 fully saturated rings. The Bertz CT molecular complexity index is 271. The van der Waals surface area contributed by atoms with Crippen molar-refractivity contribution >= 4 is 11.8 Å². The van der Waals surface area contributed by atoms with Crippen LogP contribution in [0.3, 0.4) is 0 Å². The van der Waals surface area contributed by atoms with Gasteiger partial charge < -0.3 is 20.7 Å². The number of methoxy groups -OCH3 is 1. The first-order chi connectivity index (χ1) is 8.72. The highest BCUT2D eigenvalue weighted by Gasteiger charge is 2.16. The van der Waals surface area contributed by atoms with E-state index in [4.69, 9.17) is 4.74 Å². The standard InChI is InChI=1S/C12H23N3O3/c1-18-8-7-15-11(16)4-6-13-10-3-2-5-14-12(17)9-10/h10,13H,2-9H2,1H3,(H,14,17)(H,15,16). The van der Waals surface area contributed by atoms with E-state index in [2.05, 4.69) is 16.0 Å². The Hall–Kier alpha value is -1.14. The molecule has 0 spiro atoms. The number of ether oxygens (including phenoxy) is 1. The quantitative estimate of drug-likeness (QED) is 0.532. The van der Waals surface area contributed by atoms with E-state index in [1.54, 1.807) is 7.11 Å². The van der Waals surface area contributed by atoms with Crippen LogP contribution in [-0.2, 0) is 14.3 Å². The fraction of sp³-hybridized carbons (Fsp3) is 0.833. The Kier molecular flexibility index (Phi) is 7.36. The minimum atomic E-state index is 0.0117. The summed E-state index contributed by atoms with van der Waals surface area (Å²) in [4.78, 5) is 22.7. The number of hydrogen-bond donors (Lipinski definition) is 3. The van der Waals surface area contributed by atoms with Crippen molar-refractivity contribution in [2.45, 2.75) is 31.7 Å². The van der Waals surface area contributed by atoms with Crippen LogP contribution >= 0.6 is 0 Å². The van der Waals surface area contributed by atoms with E-state index in [-0.39, 0.29) is 17.9 Å². The summed E-state index contributed by atoms with van der Waals surface area (Å²) in [6.07, 6.45) is 2.90. The first-order valence-electron chi connectivity index (χ1n) is 6.48. The van der Waals surface area contributed by atoms with Crippen molar-refractivity contribution in [2.75, 3.05) is 33.4 Å². The lowest BCUT2D eigenvalue weighted by atomic mass is 10.1. The first-order valence-corrected chi connectivity index (χ1v) is 6.48. The Morgan fingerprint density at radius 2 is 2.33 bits per heavy atom. The molecule has 0 saturated carbocycles. The zero-order valence-corrected chi connectivity index (χ0v) is 11.0. The number of nitrogens with one attached hydrogen (secondary N) is 3. The average molecular weight is 257 g/mol. The van der Waals surface area contributed by atoms with Crippen molar-refractivity contribution in [1.82, 2.24) is 16.0 Å². The van der Waals surface area contributed by atoms with Crippen LogP contribution in [0.1, 0.15) is 25.7 Å². The molecule has 1 aliphatic rings. The average Bonchev–Trinajstić information content (AvgIpc) is 2.54. The van der Waals surface area contributed by atoms with Gasteiger partial charge in [0.2, 0.25) is 11.8 Å². The molecule has 6 nitrogen and oxygen atoms in total. The molecule has 104 valence electrons. The molecular weight excluding hydrogens is 234 g/mol. The maximum Gasteiger partial charge on any atom is 0.221 e. The maximum atomic E-state index is 11.4. The fourth-order valence-electron chi connectivity index (χ4n) is 1.92. The predicted molar refractivity (Wildman–Crippen MR) is 68.2 cm³/mol. The third kappa shape index (κ3) is 6.56. The molecule has 18 heavy (non-hydrogen) atoms. The van der Waals surface area contributed by atoms with Gasteiger partial charge in [0.05, 0.1) is 6.61 Å². The summed E-state index contributed by atoms with van der Waals surface area (Å²) in [5.74, 6) is 0.104. The van der Waals surface area contributed by atoms with E-state index in [1.165, 1.54) is 0 Å². The van der Waals surface area contributed by atoms with Crippen LogP contribution in [0.5, 0.6) is 0 Å². The van der Waals surface area contributed by atoms with Crippen molar-refractivity contribution < 1.29 is 14.3 Å². The lowest BCUT2D eigenvalue weighted by molar-refractivity contribution is -0.121. The van der Waals surface area contributed by atoms with Crippen molar-refractivity contribution in [3.8, 4) is 0 Å². The van der Waals surface area contributed by atoms with E-state index in [9.17, 15) is 9.59 Å². The van der Waals surface area contributed by atoms with Crippen LogP contribution in [0.15, 0.2) is 0 Å². The largest absolute Gasteiger partial charge is 0.383 e. The van der Waals surface area contributed by atoms with Gasteiger partial charge in [0, 0.05) is 45.6 Å². The van der Waals surface area contributed by atoms with E-state index in [0.29, 0.717) is 32.5 Å². The van der Waals surface area contributed by atoms with Crippen LogP contribution in [-0.4, -0.2) is 51.2 Å². The molecular formula is C12H23N3O3. The second-order valence-corrected chi connectivity index (χ2v) is 4.44. The maximum absolute atomic E-state index is 11.4. The molecule has 0 aromatic carbocycles. The molecule has 1 saturated heterocycles. The molecule has 0 bridgehead atoms. The first kappa shape index (κ1) is 14.9. The van der Waals surface area contributed by atoms with E-state index >= 15 is 0 Å². The lowest BCUT2D eigenvalue weighted by Crippen LogP contribution is -2.36. The highest BCUT2D eigenvalue weighted by atomic mass is 16.5. The van der Waals surface area contributed by atoms with Gasteiger partial charge in [-0.2, -0.15) is 0 Å². The Balaban J connectivity index is 2.08. The van der Waals surface area contributed by atoms with Gasteiger partial charge in [-0.3, -0.25) is 9.59 Å². The third-order valence-electron chi connectivity index (χ3n) is 2.90. The van der Waals surface area contributed by atoms with E-state index in [0.717, 1.165) is 19.4 Å². The summed E-state index contributed by atoms with van der Waals surface area (Å²) < 4.78 is 4.84. The molecule has 0 aromatic heterocycles. The molecule has 0 radical (unpaired) electrons. The predicted octanol–water partition coefficient (Wildman–Crippen LogP) is -0.603. The number of rotatable bonds is 7. The zero-order valence-electron chi connectivity index (χ0n) is 11.0. The zero-order chi connectivity index (χ0) is 13.2. The van der Waals surface area contributed by atoms with Crippen LogP contribution in [0, 0.1) is 0 Å². The van der Waals surface area contributed by atoms with Gasteiger partial charge in [-0.15, -0.1) is 0 Å². The Morgan fingerprint density at radius 3 is 3.11 bits per heavy atom. The number of carbonyl (C=O) groups excluding carboxylic acids is 2. The monoisotopic (exact) mass is 257 g/mol. The van der Waals surface area contributed by atoms with Crippen molar-refractivity contribution in [3.63, 3.8) is 0 Å². The second-order valence-electron chi connectivity index (χ2n) is 4.44. The molecule has 0 aromatic rings. The smallest absolute Gasteiger partial charge is 0.221 e. The highest BCUT2D eigenvalue weighted by molar-refractivity contribution is 5.77. The molecule has 2 amide bonds. The minimum Gasteiger partial charge on any atom is -0.383 e. The Morgan fingerprint density at radius 1 is 1.50 bits per heavy atom. The van der Waals surface area contributed by atoms with Gasteiger partial charge >= 0.3 is 0 Å².